The van der Waals surface area contributed by atoms with Gasteiger partial charge in [-0.3, -0.25) is 0 Å². The Labute approximate surface area is 117 Å². The van der Waals surface area contributed by atoms with Gasteiger partial charge >= 0.3 is 0 Å². The lowest BCUT2D eigenvalue weighted by Gasteiger charge is -2.09. The summed E-state index contributed by atoms with van der Waals surface area (Å²) >= 11 is 1.74. The predicted molar refractivity (Wildman–Crippen MR) is 83.1 cm³/mol. The minimum Gasteiger partial charge on any atom is -0.324 e. The van der Waals surface area contributed by atoms with E-state index in [0.29, 0.717) is 0 Å². The largest absolute Gasteiger partial charge is 0.324 e. The summed E-state index contributed by atoms with van der Waals surface area (Å²) in [7, 11) is 0. The summed E-state index contributed by atoms with van der Waals surface area (Å²) in [6, 6.07) is 2.42. The molecule has 2 N–H and O–H groups in total. The van der Waals surface area contributed by atoms with Crippen molar-refractivity contribution in [1.82, 2.24) is 0 Å². The van der Waals surface area contributed by atoms with Crippen LogP contribution in [0.4, 0.5) is 0 Å². The van der Waals surface area contributed by atoms with Crippen molar-refractivity contribution in [2.75, 3.05) is 0 Å². The topological polar surface area (TPSA) is 26.0 Å². The lowest BCUT2D eigenvalue weighted by Crippen LogP contribution is -2.08. The fourth-order valence-electron chi connectivity index (χ4n) is 2.33. The van der Waals surface area contributed by atoms with Gasteiger partial charge in [0.2, 0.25) is 0 Å². The molecule has 0 bridgehead atoms. The van der Waals surface area contributed by atoms with E-state index in [-0.39, 0.29) is 6.04 Å². The maximum atomic E-state index is 6.14. The van der Waals surface area contributed by atoms with Crippen LogP contribution in [0.15, 0.2) is 16.8 Å². The van der Waals surface area contributed by atoms with Gasteiger partial charge in [-0.2, -0.15) is 11.3 Å². The highest BCUT2D eigenvalue weighted by molar-refractivity contribution is 7.07. The summed E-state index contributed by atoms with van der Waals surface area (Å²) < 4.78 is 0. The van der Waals surface area contributed by atoms with Gasteiger partial charge < -0.3 is 5.73 Å². The van der Waals surface area contributed by atoms with Crippen molar-refractivity contribution < 1.29 is 0 Å². The molecule has 18 heavy (non-hydrogen) atoms. The lowest BCUT2D eigenvalue weighted by atomic mass is 10.0. The van der Waals surface area contributed by atoms with E-state index >= 15 is 0 Å². The van der Waals surface area contributed by atoms with E-state index in [4.69, 9.17) is 5.73 Å². The second-order valence-electron chi connectivity index (χ2n) is 5.28. The van der Waals surface area contributed by atoms with Crippen LogP contribution in [0.5, 0.6) is 0 Å². The molecular weight excluding hydrogens is 238 g/mol. The number of hydrogen-bond donors (Lipinski definition) is 1. The van der Waals surface area contributed by atoms with Crippen LogP contribution in [0.3, 0.4) is 0 Å². The summed E-state index contributed by atoms with van der Waals surface area (Å²) in [6.07, 6.45) is 13.6. The molecule has 0 amide bonds. The van der Waals surface area contributed by atoms with Crippen molar-refractivity contribution in [2.24, 2.45) is 5.73 Å². The average molecular weight is 267 g/mol. The first-order valence-electron chi connectivity index (χ1n) is 7.62. The molecule has 2 heteroatoms. The Kier molecular flexibility index (Phi) is 9.23. The van der Waals surface area contributed by atoms with Crippen molar-refractivity contribution in [1.29, 1.82) is 0 Å². The van der Waals surface area contributed by atoms with E-state index in [0.717, 1.165) is 6.42 Å². The van der Waals surface area contributed by atoms with Gasteiger partial charge in [0.1, 0.15) is 0 Å². The van der Waals surface area contributed by atoms with Crippen LogP contribution in [0, 0.1) is 0 Å². The van der Waals surface area contributed by atoms with Gasteiger partial charge in [0, 0.05) is 6.04 Å². The third kappa shape index (κ3) is 7.17. The van der Waals surface area contributed by atoms with Gasteiger partial charge in [0.25, 0.3) is 0 Å². The van der Waals surface area contributed by atoms with Crippen LogP contribution in [-0.2, 0) is 0 Å². The second-order valence-corrected chi connectivity index (χ2v) is 6.06. The van der Waals surface area contributed by atoms with Crippen LogP contribution < -0.4 is 5.73 Å². The second kappa shape index (κ2) is 10.6. The third-order valence-electron chi connectivity index (χ3n) is 3.59. The summed E-state index contributed by atoms with van der Waals surface area (Å²) in [5, 5.41) is 4.30. The van der Waals surface area contributed by atoms with E-state index in [1.807, 2.05) is 0 Å². The number of thiophene rings is 1. The summed E-state index contributed by atoms with van der Waals surface area (Å²) in [5.41, 5.74) is 7.46. The molecule has 1 heterocycles. The number of nitrogens with two attached hydrogens (primary N) is 1. The van der Waals surface area contributed by atoms with E-state index in [1.165, 1.54) is 63.4 Å². The highest BCUT2D eigenvalue weighted by Crippen LogP contribution is 2.20. The molecule has 0 saturated heterocycles. The molecule has 0 aliphatic heterocycles. The summed E-state index contributed by atoms with van der Waals surface area (Å²) in [4.78, 5) is 0. The molecule has 1 nitrogen and oxygen atoms in total. The van der Waals surface area contributed by atoms with Crippen molar-refractivity contribution in [2.45, 2.75) is 77.2 Å². The first kappa shape index (κ1) is 15.7. The molecule has 0 fully saturated rings. The molecule has 0 spiro atoms. The van der Waals surface area contributed by atoms with Crippen molar-refractivity contribution in [3.05, 3.63) is 22.4 Å². The molecule has 1 atom stereocenters. The molecule has 1 unspecified atom stereocenters. The first-order chi connectivity index (χ1) is 8.84. The van der Waals surface area contributed by atoms with Crippen LogP contribution in [0.2, 0.25) is 0 Å². The normalized spacial score (nSPS) is 12.8. The molecule has 104 valence electrons. The lowest BCUT2D eigenvalue weighted by molar-refractivity contribution is 0.533. The summed E-state index contributed by atoms with van der Waals surface area (Å²) in [6.45, 7) is 2.27. The van der Waals surface area contributed by atoms with Crippen molar-refractivity contribution in [3.63, 3.8) is 0 Å². The molecule has 0 aliphatic rings. The molecule has 1 aromatic heterocycles. The van der Waals surface area contributed by atoms with E-state index < -0.39 is 0 Å². The Hall–Kier alpha value is -0.340. The molecular formula is C16H29NS. The maximum absolute atomic E-state index is 6.14. The Morgan fingerprint density at radius 3 is 2.17 bits per heavy atom. The molecule has 0 radical (unpaired) electrons. The Balaban J connectivity index is 1.87. The van der Waals surface area contributed by atoms with Crippen LogP contribution in [-0.4, -0.2) is 0 Å². The number of rotatable bonds is 11. The maximum Gasteiger partial charge on any atom is 0.0303 e. The van der Waals surface area contributed by atoms with E-state index in [2.05, 4.69) is 23.8 Å². The zero-order valence-electron chi connectivity index (χ0n) is 11.9. The van der Waals surface area contributed by atoms with Gasteiger partial charge in [-0.15, -0.1) is 0 Å². The third-order valence-corrected chi connectivity index (χ3v) is 4.29. The van der Waals surface area contributed by atoms with Gasteiger partial charge in [-0.25, -0.2) is 0 Å². The molecule has 0 aliphatic carbocycles. The Morgan fingerprint density at radius 1 is 1.00 bits per heavy atom. The zero-order chi connectivity index (χ0) is 13.1. The number of hydrogen-bond acceptors (Lipinski definition) is 2. The van der Waals surface area contributed by atoms with Crippen LogP contribution in [0.1, 0.15) is 82.7 Å². The minimum atomic E-state index is 0.265. The predicted octanol–water partition coefficient (Wildman–Crippen LogP) is 5.67. The van der Waals surface area contributed by atoms with Crippen molar-refractivity contribution in [3.8, 4) is 0 Å². The van der Waals surface area contributed by atoms with Gasteiger partial charge in [-0.05, 0) is 28.8 Å². The van der Waals surface area contributed by atoms with Gasteiger partial charge in [0.05, 0.1) is 0 Å². The van der Waals surface area contributed by atoms with Crippen molar-refractivity contribution >= 4 is 11.3 Å². The molecule has 1 rings (SSSR count). The highest BCUT2D eigenvalue weighted by Gasteiger charge is 2.05. The fraction of sp³-hybridized carbons (Fsp3) is 0.750. The monoisotopic (exact) mass is 267 g/mol. The first-order valence-corrected chi connectivity index (χ1v) is 8.56. The van der Waals surface area contributed by atoms with Crippen LogP contribution >= 0.6 is 11.3 Å². The van der Waals surface area contributed by atoms with Gasteiger partial charge in [-0.1, -0.05) is 64.7 Å². The fourth-order valence-corrected chi connectivity index (χ4v) is 3.05. The smallest absolute Gasteiger partial charge is 0.0303 e. The van der Waals surface area contributed by atoms with Gasteiger partial charge in [0.15, 0.2) is 0 Å². The molecule has 1 aromatic rings. The molecule has 0 aromatic carbocycles. The zero-order valence-corrected chi connectivity index (χ0v) is 12.7. The Bertz CT molecular complexity index is 269. The quantitative estimate of drug-likeness (QED) is 0.514. The molecule has 0 saturated carbocycles. The Morgan fingerprint density at radius 2 is 1.61 bits per heavy atom. The average Bonchev–Trinajstić information content (AvgIpc) is 2.90. The van der Waals surface area contributed by atoms with E-state index in [1.54, 1.807) is 11.3 Å². The minimum absolute atomic E-state index is 0.265. The SMILES string of the molecule is CCCCCCCCCCCC(N)c1ccsc1. The van der Waals surface area contributed by atoms with Crippen LogP contribution in [0.25, 0.3) is 0 Å². The van der Waals surface area contributed by atoms with E-state index in [9.17, 15) is 0 Å². The standard InChI is InChI=1S/C16H29NS/c1-2-3-4-5-6-7-8-9-10-11-16(17)15-12-13-18-14-15/h12-14,16H,2-11,17H2,1H3. The summed E-state index contributed by atoms with van der Waals surface area (Å²) in [5.74, 6) is 0. The number of unbranched alkanes of at least 4 members (excludes halogenated alkanes) is 8. The highest BCUT2D eigenvalue weighted by atomic mass is 32.1.